The van der Waals surface area contributed by atoms with Crippen LogP contribution in [0.25, 0.3) is 22.2 Å². The van der Waals surface area contributed by atoms with Crippen LogP contribution in [0.5, 0.6) is 11.5 Å². The molecule has 9 heteroatoms. The van der Waals surface area contributed by atoms with Crippen LogP contribution in [0.3, 0.4) is 0 Å². The number of methoxy groups -OCH3 is 1. The zero-order valence-electron chi connectivity index (χ0n) is 20.0. The molecule has 1 aliphatic rings. The number of carbonyl (C=O) groups is 1. The van der Waals surface area contributed by atoms with E-state index in [2.05, 4.69) is 20.2 Å². The lowest BCUT2D eigenvalue weighted by Gasteiger charge is -2.26. The minimum Gasteiger partial charge on any atom is -0.497 e. The van der Waals surface area contributed by atoms with Gasteiger partial charge in [-0.05, 0) is 35.9 Å². The van der Waals surface area contributed by atoms with Gasteiger partial charge in [-0.3, -0.25) is 9.69 Å². The van der Waals surface area contributed by atoms with Crippen LogP contribution in [0, 0.1) is 0 Å². The van der Waals surface area contributed by atoms with Crippen LogP contribution in [0.4, 0.5) is 5.69 Å². The number of carbonyl (C=O) groups excluding carboxylic acids is 1. The summed E-state index contributed by atoms with van der Waals surface area (Å²) in [5.41, 5.74) is 3.78. The van der Waals surface area contributed by atoms with Gasteiger partial charge >= 0.3 is 0 Å². The van der Waals surface area contributed by atoms with E-state index in [-0.39, 0.29) is 18.3 Å². The average molecular weight is 509 g/mol. The highest BCUT2D eigenvalue weighted by molar-refractivity contribution is 6.12. The number of morpholine rings is 1. The van der Waals surface area contributed by atoms with E-state index < -0.39 is 0 Å². The molecule has 3 heterocycles. The molecule has 188 valence electrons. The second kappa shape index (κ2) is 11.9. The number of aromatic nitrogens is 2. The maximum atomic E-state index is 13.0. The first-order valence-electron chi connectivity index (χ1n) is 11.7. The summed E-state index contributed by atoms with van der Waals surface area (Å²) in [6.45, 7) is 5.02. The van der Waals surface area contributed by atoms with Crippen molar-refractivity contribution < 1.29 is 19.0 Å². The van der Waals surface area contributed by atoms with E-state index in [1.54, 1.807) is 25.6 Å². The summed E-state index contributed by atoms with van der Waals surface area (Å²) in [7, 11) is 1.60. The van der Waals surface area contributed by atoms with E-state index in [0.29, 0.717) is 29.3 Å². The second-order valence-corrected chi connectivity index (χ2v) is 8.34. The Morgan fingerprint density at radius 2 is 1.89 bits per heavy atom. The van der Waals surface area contributed by atoms with Gasteiger partial charge in [0.1, 0.15) is 23.8 Å². The smallest absolute Gasteiger partial charge is 0.257 e. The van der Waals surface area contributed by atoms with E-state index in [1.807, 2.05) is 48.5 Å². The molecule has 2 aromatic heterocycles. The highest BCUT2D eigenvalue weighted by atomic mass is 35.5. The molecule has 2 N–H and O–H groups in total. The quantitative estimate of drug-likeness (QED) is 0.361. The highest BCUT2D eigenvalue weighted by Crippen LogP contribution is 2.27. The Kier molecular flexibility index (Phi) is 8.43. The molecule has 0 bridgehead atoms. The molecular formula is C27H29ClN4O4. The van der Waals surface area contributed by atoms with Crippen LogP contribution in [-0.2, 0) is 4.74 Å². The van der Waals surface area contributed by atoms with Crippen molar-refractivity contribution >= 4 is 35.0 Å². The minimum absolute atomic E-state index is 0. The van der Waals surface area contributed by atoms with Gasteiger partial charge in [0.15, 0.2) is 0 Å². The standard InChI is InChI=1S/C27H28N4O4.ClH/c1-33-23-4-2-3-21(16-23)30-27(32)25-18-29-26-24(25)15-20(17-28-26)19-5-7-22(8-6-19)35-14-11-31-9-12-34-13-10-31;/h2-8,15-18H,9-14H2,1H3,(H,28,29)(H,30,32);1H. The number of aromatic amines is 1. The molecule has 0 spiro atoms. The van der Waals surface area contributed by atoms with Crippen molar-refractivity contribution in [2.75, 3.05) is 51.9 Å². The first kappa shape index (κ1) is 25.5. The first-order valence-corrected chi connectivity index (χ1v) is 11.7. The Bertz CT molecular complexity index is 1300. The fourth-order valence-corrected chi connectivity index (χ4v) is 4.11. The molecule has 2 aromatic carbocycles. The summed E-state index contributed by atoms with van der Waals surface area (Å²) in [5, 5.41) is 3.69. The van der Waals surface area contributed by atoms with Crippen LogP contribution >= 0.6 is 12.4 Å². The number of ether oxygens (including phenoxy) is 3. The Morgan fingerprint density at radius 1 is 1.08 bits per heavy atom. The number of nitrogens with one attached hydrogen (secondary N) is 2. The SMILES string of the molecule is COc1cccc(NC(=O)c2c[nH]c3ncc(-c4ccc(OCCN5CCOCC5)cc4)cc23)c1.Cl. The van der Waals surface area contributed by atoms with Gasteiger partial charge in [0.25, 0.3) is 5.91 Å². The fourth-order valence-electron chi connectivity index (χ4n) is 4.11. The van der Waals surface area contributed by atoms with Gasteiger partial charge < -0.3 is 24.5 Å². The van der Waals surface area contributed by atoms with E-state index in [1.165, 1.54) is 0 Å². The van der Waals surface area contributed by atoms with Crippen LogP contribution in [0.2, 0.25) is 0 Å². The number of hydrogen-bond donors (Lipinski definition) is 2. The fraction of sp³-hybridized carbons (Fsp3) is 0.259. The zero-order valence-corrected chi connectivity index (χ0v) is 20.8. The summed E-state index contributed by atoms with van der Waals surface area (Å²) in [6.07, 6.45) is 3.49. The largest absolute Gasteiger partial charge is 0.497 e. The van der Waals surface area contributed by atoms with Crippen LogP contribution in [0.15, 0.2) is 67.0 Å². The number of halogens is 1. The second-order valence-electron chi connectivity index (χ2n) is 8.34. The number of pyridine rings is 1. The Balaban J connectivity index is 0.00000304. The molecule has 36 heavy (non-hydrogen) atoms. The molecule has 4 aromatic rings. The van der Waals surface area contributed by atoms with Gasteiger partial charge in [-0.25, -0.2) is 4.98 Å². The Hall–Kier alpha value is -3.59. The third kappa shape index (κ3) is 5.96. The minimum atomic E-state index is -0.215. The molecule has 0 unspecified atom stereocenters. The molecule has 1 amide bonds. The Morgan fingerprint density at radius 3 is 2.67 bits per heavy atom. The van der Waals surface area contributed by atoms with E-state index >= 15 is 0 Å². The number of anilines is 1. The van der Waals surface area contributed by atoms with Crippen molar-refractivity contribution in [1.29, 1.82) is 0 Å². The normalized spacial score (nSPS) is 13.7. The van der Waals surface area contributed by atoms with Crippen molar-refractivity contribution in [3.05, 3.63) is 72.6 Å². The van der Waals surface area contributed by atoms with Gasteiger partial charge in [0.05, 0.1) is 25.9 Å². The number of fused-ring (bicyclic) bond motifs is 1. The number of rotatable bonds is 8. The monoisotopic (exact) mass is 508 g/mol. The lowest BCUT2D eigenvalue weighted by Crippen LogP contribution is -2.38. The van der Waals surface area contributed by atoms with E-state index in [0.717, 1.165) is 55.1 Å². The molecule has 0 saturated carbocycles. The van der Waals surface area contributed by atoms with Crippen LogP contribution in [0.1, 0.15) is 10.4 Å². The van der Waals surface area contributed by atoms with Crippen LogP contribution < -0.4 is 14.8 Å². The topological polar surface area (TPSA) is 88.7 Å². The number of nitrogens with zero attached hydrogens (tertiary/aromatic N) is 2. The predicted octanol–water partition coefficient (Wildman–Crippen LogP) is 4.62. The van der Waals surface area contributed by atoms with Crippen molar-refractivity contribution in [2.24, 2.45) is 0 Å². The molecule has 8 nitrogen and oxygen atoms in total. The number of hydrogen-bond acceptors (Lipinski definition) is 6. The third-order valence-electron chi connectivity index (χ3n) is 6.07. The van der Waals surface area contributed by atoms with Crippen molar-refractivity contribution in [3.8, 4) is 22.6 Å². The zero-order chi connectivity index (χ0) is 24.0. The van der Waals surface area contributed by atoms with Gasteiger partial charge in [-0.1, -0.05) is 18.2 Å². The molecule has 0 aliphatic carbocycles. The molecular weight excluding hydrogens is 480 g/mol. The van der Waals surface area contributed by atoms with Crippen molar-refractivity contribution in [2.45, 2.75) is 0 Å². The summed E-state index contributed by atoms with van der Waals surface area (Å²) in [5.74, 6) is 1.29. The lowest BCUT2D eigenvalue weighted by molar-refractivity contribution is 0.0322. The maximum absolute atomic E-state index is 13.0. The third-order valence-corrected chi connectivity index (χ3v) is 6.07. The number of benzene rings is 2. The molecule has 0 radical (unpaired) electrons. The van der Waals surface area contributed by atoms with Gasteiger partial charge in [0, 0.05) is 54.7 Å². The highest BCUT2D eigenvalue weighted by Gasteiger charge is 2.15. The van der Waals surface area contributed by atoms with Crippen molar-refractivity contribution in [3.63, 3.8) is 0 Å². The predicted molar refractivity (Wildman–Crippen MR) is 142 cm³/mol. The van der Waals surface area contributed by atoms with Gasteiger partial charge in [-0.2, -0.15) is 0 Å². The summed E-state index contributed by atoms with van der Waals surface area (Å²) in [4.78, 5) is 22.9. The average Bonchev–Trinajstić information content (AvgIpc) is 3.33. The molecule has 1 aliphatic heterocycles. The Labute approximate surface area is 216 Å². The molecule has 0 atom stereocenters. The van der Waals surface area contributed by atoms with E-state index in [4.69, 9.17) is 14.2 Å². The van der Waals surface area contributed by atoms with Gasteiger partial charge in [0.2, 0.25) is 0 Å². The van der Waals surface area contributed by atoms with E-state index in [9.17, 15) is 4.79 Å². The molecule has 5 rings (SSSR count). The van der Waals surface area contributed by atoms with Crippen molar-refractivity contribution in [1.82, 2.24) is 14.9 Å². The summed E-state index contributed by atoms with van der Waals surface area (Å²) >= 11 is 0. The molecule has 1 fully saturated rings. The van der Waals surface area contributed by atoms with Crippen LogP contribution in [-0.4, -0.2) is 67.3 Å². The summed E-state index contributed by atoms with van der Waals surface area (Å²) < 4.78 is 16.5. The number of amides is 1. The lowest BCUT2D eigenvalue weighted by atomic mass is 10.1. The molecule has 1 saturated heterocycles. The maximum Gasteiger partial charge on any atom is 0.257 e. The summed E-state index contributed by atoms with van der Waals surface area (Å²) in [6, 6.07) is 17.2. The number of H-pyrrole nitrogens is 1. The van der Waals surface area contributed by atoms with Gasteiger partial charge in [-0.15, -0.1) is 12.4 Å². The first-order chi connectivity index (χ1) is 17.2.